The van der Waals surface area contributed by atoms with E-state index < -0.39 is 51.5 Å². The number of carboxylic acid groups (broad SMARTS) is 1. The highest BCUT2D eigenvalue weighted by Gasteiger charge is 2.56. The van der Waals surface area contributed by atoms with Gasteiger partial charge >= 0.3 is 16.3 Å². The second kappa shape index (κ2) is 10.4. The fourth-order valence-electron chi connectivity index (χ4n) is 4.39. The van der Waals surface area contributed by atoms with Crippen molar-refractivity contribution in [3.8, 4) is 0 Å². The predicted molar refractivity (Wildman–Crippen MR) is 136 cm³/mol. The molecule has 1 unspecified atom stereocenters. The number of rotatable bonds is 12. The quantitative estimate of drug-likeness (QED) is 0.0718. The molecule has 3 aliphatic rings. The maximum absolute atomic E-state index is 13.2. The van der Waals surface area contributed by atoms with Crippen LogP contribution in [0.4, 0.5) is 5.13 Å². The number of anilines is 1. The molecule has 40 heavy (non-hydrogen) atoms. The van der Waals surface area contributed by atoms with Crippen LogP contribution in [0.3, 0.4) is 0 Å². The van der Waals surface area contributed by atoms with Gasteiger partial charge in [0.2, 0.25) is 5.60 Å². The van der Waals surface area contributed by atoms with Crippen LogP contribution in [0.1, 0.15) is 24.2 Å². The molecule has 18 nitrogen and oxygen atoms in total. The molecule has 216 valence electrons. The number of carbonyl (C=O) groups is 3. The van der Waals surface area contributed by atoms with Crippen LogP contribution >= 0.6 is 11.3 Å². The lowest BCUT2D eigenvalue weighted by molar-refractivity contribution is -0.153. The van der Waals surface area contributed by atoms with E-state index in [4.69, 9.17) is 16.3 Å². The van der Waals surface area contributed by atoms with E-state index in [-0.39, 0.29) is 34.5 Å². The van der Waals surface area contributed by atoms with Gasteiger partial charge in [0.05, 0.1) is 18.4 Å². The highest BCUT2D eigenvalue weighted by molar-refractivity contribution is 7.84. The van der Waals surface area contributed by atoms with Crippen molar-refractivity contribution in [3.05, 3.63) is 23.0 Å². The largest absolute Gasteiger partial charge is 0.478 e. The zero-order valence-electron chi connectivity index (χ0n) is 20.8. The molecule has 1 aliphatic carbocycles. The molecule has 2 saturated heterocycles. The molecule has 7 N–H and O–H groups in total. The normalized spacial score (nSPS) is 22.9. The molecule has 20 heteroatoms. The van der Waals surface area contributed by atoms with Gasteiger partial charge in [0.25, 0.3) is 11.8 Å². The third-order valence-electron chi connectivity index (χ3n) is 6.78. The van der Waals surface area contributed by atoms with Gasteiger partial charge < -0.3 is 26.7 Å². The summed E-state index contributed by atoms with van der Waals surface area (Å²) in [6.07, 6.45) is 1.85. The molecule has 3 fully saturated rings. The molecule has 5 rings (SSSR count). The topological polar surface area (TPSA) is 262 Å². The smallest absolute Gasteiger partial charge is 0.362 e. The molecule has 0 spiro atoms. The van der Waals surface area contributed by atoms with Crippen molar-refractivity contribution >= 4 is 50.3 Å². The van der Waals surface area contributed by atoms with Crippen LogP contribution < -0.4 is 16.8 Å². The van der Waals surface area contributed by atoms with E-state index in [0.29, 0.717) is 24.7 Å². The molecule has 4 heterocycles. The highest BCUT2D eigenvalue weighted by atomic mass is 32.2. The molecular formula is C20H26N10O8S2. The number of aliphatic carboxylic acids is 1. The summed E-state index contributed by atoms with van der Waals surface area (Å²) in [5, 5.41) is 25.3. The van der Waals surface area contributed by atoms with Gasteiger partial charge in [0, 0.05) is 37.9 Å². The Bertz CT molecular complexity index is 1460. The van der Waals surface area contributed by atoms with Crippen LogP contribution in [0.5, 0.6) is 0 Å². The number of nitrogen functional groups attached to an aromatic ring is 1. The first-order valence-electron chi connectivity index (χ1n) is 12.0. The second-order valence-electron chi connectivity index (χ2n) is 9.72. The van der Waals surface area contributed by atoms with Gasteiger partial charge in [-0.25, -0.2) is 14.1 Å². The summed E-state index contributed by atoms with van der Waals surface area (Å²) in [6, 6.07) is -2.71. The van der Waals surface area contributed by atoms with Gasteiger partial charge in [-0.2, -0.15) is 23.4 Å². The molecule has 2 aliphatic heterocycles. The summed E-state index contributed by atoms with van der Waals surface area (Å²) in [4.78, 5) is 49.7. The number of thiazole rings is 1. The average molecular weight is 599 g/mol. The zero-order chi connectivity index (χ0) is 28.8. The highest BCUT2D eigenvalue weighted by Crippen LogP contribution is 2.40. The molecule has 0 aromatic carbocycles. The van der Waals surface area contributed by atoms with E-state index >= 15 is 0 Å². The van der Waals surface area contributed by atoms with E-state index in [2.05, 4.69) is 30.6 Å². The monoisotopic (exact) mass is 598 g/mol. The van der Waals surface area contributed by atoms with Crippen molar-refractivity contribution in [1.82, 2.24) is 34.5 Å². The van der Waals surface area contributed by atoms with E-state index in [0.717, 1.165) is 29.2 Å². The van der Waals surface area contributed by atoms with Gasteiger partial charge in [-0.3, -0.25) is 19.0 Å². The summed E-state index contributed by atoms with van der Waals surface area (Å²) in [6.45, 7) is 2.44. The van der Waals surface area contributed by atoms with E-state index in [9.17, 15) is 32.5 Å². The minimum absolute atomic E-state index is 0.0441. The summed E-state index contributed by atoms with van der Waals surface area (Å²) < 4.78 is 33.7. The summed E-state index contributed by atoms with van der Waals surface area (Å²) >= 11 is 0.981. The van der Waals surface area contributed by atoms with Crippen molar-refractivity contribution in [1.29, 1.82) is 0 Å². The first-order valence-corrected chi connectivity index (χ1v) is 14.3. The lowest BCUT2D eigenvalue weighted by Crippen LogP contribution is -2.73. The Morgan fingerprint density at radius 1 is 1.32 bits per heavy atom. The number of nitrogens with two attached hydrogens (primary N) is 2. The minimum Gasteiger partial charge on any atom is -0.478 e. The van der Waals surface area contributed by atoms with Crippen molar-refractivity contribution in [2.75, 3.05) is 25.4 Å². The molecule has 2 atom stereocenters. The summed E-state index contributed by atoms with van der Waals surface area (Å²) in [5.41, 5.74) is 9.81. The Morgan fingerprint density at radius 2 is 2.05 bits per heavy atom. The lowest BCUT2D eigenvalue weighted by Gasteiger charge is -2.43. The fraction of sp³-hybridized carbons (Fsp3) is 0.550. The van der Waals surface area contributed by atoms with Crippen molar-refractivity contribution in [3.63, 3.8) is 0 Å². The number of hydrogen-bond donors (Lipinski definition) is 5. The van der Waals surface area contributed by atoms with Crippen LogP contribution in [0.15, 0.2) is 16.7 Å². The summed E-state index contributed by atoms with van der Waals surface area (Å²) in [7, 11) is -4.97. The number of amides is 2. The van der Waals surface area contributed by atoms with E-state index in [1.54, 1.807) is 0 Å². The maximum atomic E-state index is 13.2. The third kappa shape index (κ3) is 5.47. The van der Waals surface area contributed by atoms with Crippen LogP contribution in [-0.2, 0) is 42.6 Å². The number of nitrogens with zero attached hydrogens (tertiary/aromatic N) is 7. The molecule has 0 bridgehead atoms. The first kappa shape index (κ1) is 27.8. The Balaban J connectivity index is 1.32. The average Bonchev–Trinajstić information content (AvgIpc) is 3.33. The lowest BCUT2D eigenvalue weighted by atomic mass is 9.98. The number of hydrogen-bond acceptors (Lipinski definition) is 14. The zero-order valence-corrected chi connectivity index (χ0v) is 22.4. The molecule has 1 saturated carbocycles. The van der Waals surface area contributed by atoms with Crippen molar-refractivity contribution in [2.45, 2.75) is 43.6 Å². The first-order chi connectivity index (χ1) is 18.9. The number of nitrogens with one attached hydrogen (secondary N) is 1. The maximum Gasteiger partial charge on any atom is 0.362 e. The van der Waals surface area contributed by atoms with Gasteiger partial charge in [-0.05, 0) is 12.5 Å². The second-order valence-corrected chi connectivity index (χ2v) is 11.9. The standard InChI is InChI=1S/C20H26N10O8S2/c21-3-10-5-28(6-10)7-11-4-23-29(26-11)8-13-15(17(32)30(13)40(35,36)37)25-16(31)14(12-9-39-19(22)24-12)27-38-20(1-2-20)18(33)34/h4,9-10,13,15H,1-3,5-8,21H2,(H2,22,24)(H,25,31)(H,33,34)(H,35,36,37)/b27-14-/t13-,15?/m0/s1. The molecular weight excluding hydrogens is 572 g/mol. The Kier molecular flexibility index (Phi) is 7.20. The third-order valence-corrected chi connectivity index (χ3v) is 8.40. The van der Waals surface area contributed by atoms with Crippen LogP contribution in [0, 0.1) is 5.92 Å². The van der Waals surface area contributed by atoms with Crippen LogP contribution in [0.25, 0.3) is 0 Å². The Morgan fingerprint density at radius 3 is 2.62 bits per heavy atom. The van der Waals surface area contributed by atoms with Gasteiger partial charge in [-0.15, -0.1) is 11.3 Å². The number of aromatic nitrogens is 4. The van der Waals surface area contributed by atoms with Gasteiger partial charge in [0.15, 0.2) is 10.8 Å². The molecule has 2 amide bonds. The Hall–Kier alpha value is -3.72. The van der Waals surface area contributed by atoms with E-state index in [1.165, 1.54) is 11.6 Å². The molecule has 2 aromatic rings. The number of likely N-dealkylation sites (tertiary alicyclic amines) is 1. The van der Waals surface area contributed by atoms with Gasteiger partial charge in [-0.1, -0.05) is 5.16 Å². The minimum atomic E-state index is -4.97. The number of β-lactam (4-membered cyclic amide) rings is 1. The number of oxime groups is 1. The predicted octanol–water partition coefficient (Wildman–Crippen LogP) is -2.76. The van der Waals surface area contributed by atoms with Crippen LogP contribution in [-0.4, -0.2) is 108 Å². The van der Waals surface area contributed by atoms with Crippen LogP contribution in [0.2, 0.25) is 0 Å². The fourth-order valence-corrected chi connectivity index (χ4v) is 5.81. The SMILES string of the molecule is NCC1CN(Cc2cnn(C[C@H]3C(NC(=O)/C(=N\OC4(C(=O)O)CC4)c4csc(N)n4)C(=O)N3S(=O)(=O)O)n2)C1. The molecule has 2 aromatic heterocycles. The Labute approximate surface area is 230 Å². The molecule has 0 radical (unpaired) electrons. The summed E-state index contributed by atoms with van der Waals surface area (Å²) in [5.74, 6) is -2.96. The number of carboxylic acids is 1. The van der Waals surface area contributed by atoms with Crippen molar-refractivity contribution < 1.29 is 37.3 Å². The van der Waals surface area contributed by atoms with Gasteiger partial charge in [0.1, 0.15) is 17.8 Å². The number of carbonyl (C=O) groups excluding carboxylic acids is 2. The van der Waals surface area contributed by atoms with Crippen molar-refractivity contribution in [2.24, 2.45) is 16.8 Å². The van der Waals surface area contributed by atoms with E-state index in [1.807, 2.05) is 0 Å².